The average Bonchev–Trinajstić information content (AvgIpc) is 2.49. The van der Waals surface area contributed by atoms with Crippen LogP contribution in [0.5, 0.6) is 5.75 Å². The van der Waals surface area contributed by atoms with Gasteiger partial charge in [-0.3, -0.25) is 0 Å². The molecule has 0 heterocycles. The summed E-state index contributed by atoms with van der Waals surface area (Å²) in [4.78, 5) is 0. The zero-order valence-electron chi connectivity index (χ0n) is 10.8. The molecule has 2 heteroatoms. The smallest absolute Gasteiger partial charge is 0.123 e. The minimum Gasteiger partial charge on any atom is -0.507 e. The Hall–Kier alpha value is -2.06. The molecule has 0 unspecified atom stereocenters. The minimum absolute atomic E-state index is 0.309. The van der Waals surface area contributed by atoms with E-state index in [1.165, 1.54) is 5.56 Å². The molecule has 3 rings (SSSR count). The predicted octanol–water partition coefficient (Wildman–Crippen LogP) is 5.49. The van der Waals surface area contributed by atoms with E-state index in [0.29, 0.717) is 5.75 Å². The van der Waals surface area contributed by atoms with Gasteiger partial charge in [0.1, 0.15) is 5.75 Å². The highest BCUT2D eigenvalue weighted by Crippen LogP contribution is 2.30. The topological polar surface area (TPSA) is 20.2 Å². The second kappa shape index (κ2) is 5.51. The summed E-state index contributed by atoms with van der Waals surface area (Å²) in [6, 6.07) is 23.8. The lowest BCUT2D eigenvalue weighted by Crippen LogP contribution is -1.81. The fourth-order valence-corrected chi connectivity index (χ4v) is 2.47. The Bertz CT molecular complexity index is 715. The summed E-state index contributed by atoms with van der Waals surface area (Å²) in [5, 5.41) is 9.88. The van der Waals surface area contributed by atoms with Crippen molar-refractivity contribution in [1.29, 1.82) is 0 Å². The van der Waals surface area contributed by atoms with Crippen LogP contribution < -0.4 is 0 Å². The van der Waals surface area contributed by atoms with Gasteiger partial charge in [-0.25, -0.2) is 0 Å². The molecule has 0 aromatic heterocycles. The summed E-state index contributed by atoms with van der Waals surface area (Å²) in [6.45, 7) is 0. The first kappa shape index (κ1) is 12.9. The van der Waals surface area contributed by atoms with Crippen LogP contribution in [0.3, 0.4) is 0 Å². The van der Waals surface area contributed by atoms with E-state index in [2.05, 4.69) is 40.2 Å². The Morgan fingerprint density at radius 3 is 1.70 bits per heavy atom. The van der Waals surface area contributed by atoms with E-state index in [9.17, 15) is 5.11 Å². The lowest BCUT2D eigenvalue weighted by Gasteiger charge is -2.06. The van der Waals surface area contributed by atoms with Gasteiger partial charge >= 0.3 is 0 Å². The highest BCUT2D eigenvalue weighted by atomic mass is 79.9. The Morgan fingerprint density at radius 1 is 0.600 bits per heavy atom. The van der Waals surface area contributed by atoms with Crippen molar-refractivity contribution in [3.8, 4) is 28.0 Å². The second-order valence-corrected chi connectivity index (χ2v) is 5.52. The van der Waals surface area contributed by atoms with Gasteiger partial charge in [-0.1, -0.05) is 70.5 Å². The molecule has 20 heavy (non-hydrogen) atoms. The number of phenols is 1. The molecule has 98 valence electrons. The summed E-state index contributed by atoms with van der Waals surface area (Å²) in [7, 11) is 0. The monoisotopic (exact) mass is 324 g/mol. The summed E-state index contributed by atoms with van der Waals surface area (Å²) in [5.41, 5.74) is 4.22. The minimum atomic E-state index is 0.309. The van der Waals surface area contributed by atoms with Crippen molar-refractivity contribution in [2.45, 2.75) is 0 Å². The molecule has 3 aromatic carbocycles. The molecule has 0 atom stereocenters. The zero-order valence-corrected chi connectivity index (χ0v) is 12.3. The average molecular weight is 325 g/mol. The maximum absolute atomic E-state index is 9.88. The number of phenolic OH excluding ortho intramolecular Hbond substituents is 1. The van der Waals surface area contributed by atoms with Crippen molar-refractivity contribution >= 4 is 15.9 Å². The van der Waals surface area contributed by atoms with Crippen molar-refractivity contribution in [3.63, 3.8) is 0 Å². The van der Waals surface area contributed by atoms with E-state index in [0.717, 1.165) is 21.2 Å². The molecule has 0 saturated heterocycles. The number of rotatable bonds is 2. The van der Waals surface area contributed by atoms with Gasteiger partial charge in [-0.2, -0.15) is 0 Å². The van der Waals surface area contributed by atoms with Gasteiger partial charge < -0.3 is 5.11 Å². The predicted molar refractivity (Wildman–Crippen MR) is 86.7 cm³/mol. The summed E-state index contributed by atoms with van der Waals surface area (Å²) >= 11 is 3.44. The van der Waals surface area contributed by atoms with E-state index >= 15 is 0 Å². The molecule has 0 saturated carbocycles. The van der Waals surface area contributed by atoms with Gasteiger partial charge in [-0.05, 0) is 34.9 Å². The largest absolute Gasteiger partial charge is 0.507 e. The number of hydrogen-bond acceptors (Lipinski definition) is 1. The molecule has 0 radical (unpaired) electrons. The van der Waals surface area contributed by atoms with Crippen LogP contribution in [-0.2, 0) is 0 Å². The van der Waals surface area contributed by atoms with E-state index in [1.807, 2.05) is 42.5 Å². The van der Waals surface area contributed by atoms with E-state index in [4.69, 9.17) is 0 Å². The third kappa shape index (κ3) is 2.61. The molecule has 1 N–H and O–H groups in total. The molecule has 0 aliphatic rings. The Morgan fingerprint density at radius 2 is 1.10 bits per heavy atom. The Labute approximate surface area is 126 Å². The molecule has 3 aromatic rings. The van der Waals surface area contributed by atoms with Gasteiger partial charge in [0.05, 0.1) is 0 Å². The standard InChI is InChI=1S/C18H13BrO/c19-16-11-9-14(10-12-16)13-5-7-15(8-6-13)17-3-1-2-4-18(17)20/h1-12,20H. The fourth-order valence-electron chi connectivity index (χ4n) is 2.20. The molecule has 0 spiro atoms. The molecule has 0 aliphatic heterocycles. The van der Waals surface area contributed by atoms with Crippen LogP contribution in [0.4, 0.5) is 0 Å². The van der Waals surface area contributed by atoms with Gasteiger partial charge in [0.2, 0.25) is 0 Å². The van der Waals surface area contributed by atoms with Crippen molar-refractivity contribution in [2.75, 3.05) is 0 Å². The van der Waals surface area contributed by atoms with Gasteiger partial charge in [0, 0.05) is 10.0 Å². The molecular weight excluding hydrogens is 312 g/mol. The highest BCUT2D eigenvalue weighted by molar-refractivity contribution is 9.10. The van der Waals surface area contributed by atoms with Crippen LogP contribution in [0.15, 0.2) is 77.3 Å². The first-order valence-electron chi connectivity index (χ1n) is 6.38. The summed E-state index contributed by atoms with van der Waals surface area (Å²) in [5.74, 6) is 0.309. The fraction of sp³-hybridized carbons (Fsp3) is 0. The lowest BCUT2D eigenvalue weighted by atomic mass is 10.00. The number of hydrogen-bond donors (Lipinski definition) is 1. The maximum Gasteiger partial charge on any atom is 0.123 e. The number of para-hydroxylation sites is 1. The zero-order chi connectivity index (χ0) is 13.9. The Kier molecular flexibility index (Phi) is 3.57. The van der Waals surface area contributed by atoms with Crippen molar-refractivity contribution < 1.29 is 5.11 Å². The highest BCUT2D eigenvalue weighted by Gasteiger charge is 2.03. The molecule has 0 bridgehead atoms. The van der Waals surface area contributed by atoms with E-state index in [1.54, 1.807) is 6.07 Å². The molecule has 0 aliphatic carbocycles. The quantitative estimate of drug-likeness (QED) is 0.661. The van der Waals surface area contributed by atoms with Crippen LogP contribution in [0.25, 0.3) is 22.3 Å². The third-order valence-corrected chi connectivity index (χ3v) is 3.81. The first-order chi connectivity index (χ1) is 9.74. The van der Waals surface area contributed by atoms with Crippen molar-refractivity contribution in [3.05, 3.63) is 77.3 Å². The van der Waals surface area contributed by atoms with E-state index < -0.39 is 0 Å². The van der Waals surface area contributed by atoms with Crippen molar-refractivity contribution in [1.82, 2.24) is 0 Å². The van der Waals surface area contributed by atoms with Crippen molar-refractivity contribution in [2.24, 2.45) is 0 Å². The molecule has 0 fully saturated rings. The van der Waals surface area contributed by atoms with Gasteiger partial charge in [0.15, 0.2) is 0 Å². The number of benzene rings is 3. The molecule has 0 amide bonds. The Balaban J connectivity index is 1.96. The van der Waals surface area contributed by atoms with Crippen LogP contribution in [0, 0.1) is 0 Å². The van der Waals surface area contributed by atoms with Crippen LogP contribution in [0.2, 0.25) is 0 Å². The molecular formula is C18H13BrO. The van der Waals surface area contributed by atoms with Crippen LogP contribution in [0.1, 0.15) is 0 Å². The van der Waals surface area contributed by atoms with Gasteiger partial charge in [0.25, 0.3) is 0 Å². The third-order valence-electron chi connectivity index (χ3n) is 3.28. The van der Waals surface area contributed by atoms with Crippen LogP contribution in [-0.4, -0.2) is 5.11 Å². The first-order valence-corrected chi connectivity index (χ1v) is 7.18. The lowest BCUT2D eigenvalue weighted by molar-refractivity contribution is 0.477. The van der Waals surface area contributed by atoms with Crippen LogP contribution >= 0.6 is 15.9 Å². The number of aromatic hydroxyl groups is 1. The molecule has 1 nitrogen and oxygen atoms in total. The summed E-state index contributed by atoms with van der Waals surface area (Å²) in [6.07, 6.45) is 0. The summed E-state index contributed by atoms with van der Waals surface area (Å²) < 4.78 is 1.08. The second-order valence-electron chi connectivity index (χ2n) is 4.60. The maximum atomic E-state index is 9.88. The van der Waals surface area contributed by atoms with E-state index in [-0.39, 0.29) is 0 Å². The van der Waals surface area contributed by atoms with Gasteiger partial charge in [-0.15, -0.1) is 0 Å². The SMILES string of the molecule is Oc1ccccc1-c1ccc(-c2ccc(Br)cc2)cc1. The normalized spacial score (nSPS) is 10.4. The number of halogens is 1.